The zero-order chi connectivity index (χ0) is 12.8. The molecule has 0 spiro atoms. The molecule has 96 valence electrons. The molecule has 1 aromatic heterocycles. The van der Waals surface area contributed by atoms with Crippen LogP contribution in [0, 0.1) is 12.7 Å². The van der Waals surface area contributed by atoms with Crippen LogP contribution in [0.2, 0.25) is 0 Å². The van der Waals surface area contributed by atoms with E-state index in [0.29, 0.717) is 0 Å². The second-order valence-corrected chi connectivity index (χ2v) is 5.17. The van der Waals surface area contributed by atoms with E-state index in [9.17, 15) is 4.39 Å². The topological polar surface area (TPSA) is 24.9 Å². The number of halogens is 1. The number of aryl methyl sites for hydroxylation is 1. The van der Waals surface area contributed by atoms with Crippen molar-refractivity contribution in [3.63, 3.8) is 0 Å². The van der Waals surface area contributed by atoms with E-state index in [1.807, 2.05) is 19.1 Å². The van der Waals surface area contributed by atoms with Crippen molar-refractivity contribution in [2.45, 2.75) is 19.8 Å². The molecule has 0 amide bonds. The Morgan fingerprint density at radius 3 is 2.72 bits per heavy atom. The zero-order valence-corrected chi connectivity index (χ0v) is 11.3. The molecule has 1 heterocycles. The number of aromatic nitrogens is 1. The van der Waals surface area contributed by atoms with E-state index >= 15 is 0 Å². The second kappa shape index (κ2) is 6.61. The Kier molecular flexibility index (Phi) is 4.84. The van der Waals surface area contributed by atoms with Gasteiger partial charge in [0.05, 0.1) is 5.01 Å². The summed E-state index contributed by atoms with van der Waals surface area (Å²) in [6.45, 7) is 3.69. The lowest BCUT2D eigenvalue weighted by Gasteiger charge is -2.04. The zero-order valence-electron chi connectivity index (χ0n) is 10.4. The maximum absolute atomic E-state index is 13.3. The molecule has 0 radical (unpaired) electrons. The first-order chi connectivity index (χ1) is 8.75. The number of thiazole rings is 1. The Hall–Kier alpha value is -1.26. The van der Waals surface area contributed by atoms with E-state index in [1.54, 1.807) is 17.4 Å². The van der Waals surface area contributed by atoms with E-state index in [-0.39, 0.29) is 5.82 Å². The fourth-order valence-corrected chi connectivity index (χ4v) is 2.54. The van der Waals surface area contributed by atoms with Crippen LogP contribution in [-0.4, -0.2) is 18.1 Å². The molecule has 0 aliphatic heterocycles. The van der Waals surface area contributed by atoms with Crippen molar-refractivity contribution in [2.75, 3.05) is 13.1 Å². The lowest BCUT2D eigenvalue weighted by atomic mass is 10.1. The quantitative estimate of drug-likeness (QED) is 0.811. The maximum Gasteiger partial charge on any atom is 0.126 e. The molecule has 18 heavy (non-hydrogen) atoms. The molecule has 1 aromatic carbocycles. The number of benzene rings is 1. The van der Waals surface area contributed by atoms with Gasteiger partial charge in [-0.1, -0.05) is 18.2 Å². The molecule has 0 bridgehead atoms. The Balaban J connectivity index is 1.66. The van der Waals surface area contributed by atoms with Crippen LogP contribution in [0.3, 0.4) is 0 Å². The summed E-state index contributed by atoms with van der Waals surface area (Å²) in [5.74, 6) is -0.116. The summed E-state index contributed by atoms with van der Waals surface area (Å²) in [5.41, 5.74) is 1.86. The third-order valence-corrected chi connectivity index (χ3v) is 3.74. The standard InChI is InChI=1S/C14H17FN2S/c1-11-10-18-14(17-11)7-9-16-8-6-12-4-2-3-5-13(12)15/h2-5,10,16H,6-9H2,1H3. The number of hydrogen-bond donors (Lipinski definition) is 1. The normalized spacial score (nSPS) is 10.8. The van der Waals surface area contributed by atoms with Gasteiger partial charge in [0.25, 0.3) is 0 Å². The largest absolute Gasteiger partial charge is 0.316 e. The van der Waals surface area contributed by atoms with Gasteiger partial charge >= 0.3 is 0 Å². The molecule has 0 fully saturated rings. The van der Waals surface area contributed by atoms with Crippen molar-refractivity contribution in [3.8, 4) is 0 Å². The molecular weight excluding hydrogens is 247 g/mol. The number of nitrogens with one attached hydrogen (secondary N) is 1. The molecule has 0 aliphatic carbocycles. The highest BCUT2D eigenvalue weighted by molar-refractivity contribution is 7.09. The minimum absolute atomic E-state index is 0.116. The maximum atomic E-state index is 13.3. The van der Waals surface area contributed by atoms with Crippen LogP contribution in [0.25, 0.3) is 0 Å². The predicted molar refractivity (Wildman–Crippen MR) is 73.5 cm³/mol. The summed E-state index contributed by atoms with van der Waals surface area (Å²) in [5, 5.41) is 6.54. The van der Waals surface area contributed by atoms with Crippen molar-refractivity contribution in [1.29, 1.82) is 0 Å². The number of rotatable bonds is 6. The highest BCUT2D eigenvalue weighted by atomic mass is 32.1. The van der Waals surface area contributed by atoms with Crippen LogP contribution in [0.4, 0.5) is 4.39 Å². The van der Waals surface area contributed by atoms with Gasteiger partial charge in [0, 0.05) is 24.0 Å². The molecule has 2 nitrogen and oxygen atoms in total. The third-order valence-electron chi connectivity index (χ3n) is 2.71. The number of nitrogens with zero attached hydrogens (tertiary/aromatic N) is 1. The van der Waals surface area contributed by atoms with Gasteiger partial charge in [0.2, 0.25) is 0 Å². The lowest BCUT2D eigenvalue weighted by Crippen LogP contribution is -2.20. The highest BCUT2D eigenvalue weighted by Crippen LogP contribution is 2.09. The third kappa shape index (κ3) is 3.89. The smallest absolute Gasteiger partial charge is 0.126 e. The summed E-state index contributed by atoms with van der Waals surface area (Å²) in [7, 11) is 0. The molecule has 1 N–H and O–H groups in total. The first-order valence-electron chi connectivity index (χ1n) is 6.11. The molecule has 0 saturated heterocycles. The average molecular weight is 264 g/mol. The van der Waals surface area contributed by atoms with Gasteiger partial charge in [-0.3, -0.25) is 0 Å². The summed E-state index contributed by atoms with van der Waals surface area (Å²) in [6, 6.07) is 6.93. The van der Waals surface area contributed by atoms with Gasteiger partial charge in [-0.2, -0.15) is 0 Å². The van der Waals surface area contributed by atoms with E-state index in [0.717, 1.165) is 42.2 Å². The molecule has 0 atom stereocenters. The summed E-state index contributed by atoms with van der Waals surface area (Å²) < 4.78 is 13.3. The lowest BCUT2D eigenvalue weighted by molar-refractivity contribution is 0.598. The van der Waals surface area contributed by atoms with Crippen molar-refractivity contribution in [1.82, 2.24) is 10.3 Å². The van der Waals surface area contributed by atoms with Crippen LogP contribution in [-0.2, 0) is 12.8 Å². The van der Waals surface area contributed by atoms with E-state index in [2.05, 4.69) is 15.7 Å². The monoisotopic (exact) mass is 264 g/mol. The minimum Gasteiger partial charge on any atom is -0.316 e. The fourth-order valence-electron chi connectivity index (χ4n) is 1.76. The van der Waals surface area contributed by atoms with Crippen molar-refractivity contribution in [3.05, 3.63) is 51.7 Å². The fraction of sp³-hybridized carbons (Fsp3) is 0.357. The molecule has 2 rings (SSSR count). The number of hydrogen-bond acceptors (Lipinski definition) is 3. The predicted octanol–water partition coefficient (Wildman–Crippen LogP) is 2.97. The van der Waals surface area contributed by atoms with Gasteiger partial charge in [-0.25, -0.2) is 9.37 Å². The SMILES string of the molecule is Cc1csc(CCNCCc2ccccc2F)n1. The highest BCUT2D eigenvalue weighted by Gasteiger charge is 2.00. The van der Waals surface area contributed by atoms with Crippen molar-refractivity contribution < 1.29 is 4.39 Å². The van der Waals surface area contributed by atoms with E-state index in [1.165, 1.54) is 6.07 Å². The Morgan fingerprint density at radius 1 is 1.22 bits per heavy atom. The van der Waals surface area contributed by atoms with Crippen molar-refractivity contribution in [2.24, 2.45) is 0 Å². The van der Waals surface area contributed by atoms with Crippen molar-refractivity contribution >= 4 is 11.3 Å². The molecule has 0 unspecified atom stereocenters. The van der Waals surface area contributed by atoms with E-state index in [4.69, 9.17) is 0 Å². The van der Waals surface area contributed by atoms with E-state index < -0.39 is 0 Å². The van der Waals surface area contributed by atoms with Gasteiger partial charge < -0.3 is 5.32 Å². The Bertz CT molecular complexity index is 496. The van der Waals surface area contributed by atoms with Crippen LogP contribution < -0.4 is 5.32 Å². The summed E-state index contributed by atoms with van der Waals surface area (Å²) >= 11 is 1.70. The van der Waals surface area contributed by atoms with Crippen LogP contribution >= 0.6 is 11.3 Å². The molecular formula is C14H17FN2S. The van der Waals surface area contributed by atoms with Gasteiger partial charge in [-0.15, -0.1) is 11.3 Å². The van der Waals surface area contributed by atoms with Gasteiger partial charge in [-0.05, 0) is 31.5 Å². The first kappa shape index (κ1) is 13.2. The average Bonchev–Trinajstić information content (AvgIpc) is 2.77. The van der Waals surface area contributed by atoms with Gasteiger partial charge in [0.1, 0.15) is 5.82 Å². The van der Waals surface area contributed by atoms with Crippen LogP contribution in [0.15, 0.2) is 29.6 Å². The molecule has 0 saturated carbocycles. The van der Waals surface area contributed by atoms with Crippen LogP contribution in [0.5, 0.6) is 0 Å². The minimum atomic E-state index is -0.116. The summed E-state index contributed by atoms with van der Waals surface area (Å²) in [4.78, 5) is 4.40. The van der Waals surface area contributed by atoms with Gasteiger partial charge in [0.15, 0.2) is 0 Å². The molecule has 2 aromatic rings. The summed E-state index contributed by atoms with van der Waals surface area (Å²) in [6.07, 6.45) is 1.67. The molecule has 0 aliphatic rings. The first-order valence-corrected chi connectivity index (χ1v) is 6.99. The Labute approximate surface area is 111 Å². The van der Waals surface area contributed by atoms with Crippen LogP contribution in [0.1, 0.15) is 16.3 Å². The Morgan fingerprint density at radius 2 is 2.00 bits per heavy atom. The molecule has 4 heteroatoms. The second-order valence-electron chi connectivity index (χ2n) is 4.22.